The van der Waals surface area contributed by atoms with Crippen LogP contribution in [0.5, 0.6) is 0 Å². The topological polar surface area (TPSA) is 83.4 Å². The lowest BCUT2D eigenvalue weighted by molar-refractivity contribution is 0.553. The summed E-state index contributed by atoms with van der Waals surface area (Å²) in [4.78, 5) is 14.0. The van der Waals surface area contributed by atoms with Crippen LogP contribution in [-0.4, -0.2) is 19.9 Å². The van der Waals surface area contributed by atoms with Crippen molar-refractivity contribution in [3.05, 3.63) is 58.1 Å². The standard InChI is InChI=1S/C16H14N2O4S/c1-10-8-12-14(22-16(19)17-12)9-15(10)23(20,21)18-7-6-11-4-2-3-5-13(11)18/h2-5,8-9H,6-7H2,1H3,(H,17,19). The molecule has 118 valence electrons. The highest BCUT2D eigenvalue weighted by Crippen LogP contribution is 2.34. The molecule has 1 aromatic heterocycles. The quantitative estimate of drug-likeness (QED) is 0.780. The highest BCUT2D eigenvalue weighted by atomic mass is 32.2. The van der Waals surface area contributed by atoms with Gasteiger partial charge in [0.25, 0.3) is 10.0 Å². The van der Waals surface area contributed by atoms with Crippen LogP contribution in [0.25, 0.3) is 11.1 Å². The smallest absolute Gasteiger partial charge is 0.408 e. The van der Waals surface area contributed by atoms with E-state index in [-0.39, 0.29) is 10.5 Å². The molecule has 3 aromatic rings. The summed E-state index contributed by atoms with van der Waals surface area (Å²) in [6, 6.07) is 10.5. The minimum atomic E-state index is -3.71. The van der Waals surface area contributed by atoms with E-state index in [1.165, 1.54) is 10.4 Å². The van der Waals surface area contributed by atoms with Gasteiger partial charge in [0.15, 0.2) is 5.58 Å². The number of nitrogens with zero attached hydrogens (tertiary/aromatic N) is 1. The number of para-hydroxylation sites is 1. The number of rotatable bonds is 2. The molecule has 0 atom stereocenters. The summed E-state index contributed by atoms with van der Waals surface area (Å²) >= 11 is 0. The maximum Gasteiger partial charge on any atom is 0.417 e. The molecule has 2 heterocycles. The first-order valence-electron chi connectivity index (χ1n) is 7.21. The molecule has 0 saturated heterocycles. The lowest BCUT2D eigenvalue weighted by Gasteiger charge is -2.20. The van der Waals surface area contributed by atoms with Gasteiger partial charge in [0.05, 0.1) is 16.1 Å². The Morgan fingerprint density at radius 2 is 2.00 bits per heavy atom. The Morgan fingerprint density at radius 3 is 2.83 bits per heavy atom. The molecule has 0 fully saturated rings. The third-order valence-corrected chi connectivity index (χ3v) is 6.08. The predicted octanol–water partition coefficient (Wildman–Crippen LogP) is 2.18. The van der Waals surface area contributed by atoms with Crippen molar-refractivity contribution in [3.8, 4) is 0 Å². The van der Waals surface area contributed by atoms with Crippen LogP contribution in [0.2, 0.25) is 0 Å². The van der Waals surface area contributed by atoms with Gasteiger partial charge in [-0.3, -0.25) is 9.29 Å². The molecule has 0 radical (unpaired) electrons. The second-order valence-corrected chi connectivity index (χ2v) is 7.42. The van der Waals surface area contributed by atoms with Crippen molar-refractivity contribution in [2.45, 2.75) is 18.2 Å². The molecule has 0 spiro atoms. The third kappa shape index (κ3) is 2.08. The minimum Gasteiger partial charge on any atom is -0.408 e. The molecule has 0 aliphatic carbocycles. The van der Waals surface area contributed by atoms with Gasteiger partial charge in [0.1, 0.15) is 0 Å². The number of aromatic amines is 1. The summed E-state index contributed by atoms with van der Waals surface area (Å²) in [5.41, 5.74) is 3.03. The zero-order valence-electron chi connectivity index (χ0n) is 12.4. The Kier molecular flexibility index (Phi) is 2.89. The van der Waals surface area contributed by atoms with Gasteiger partial charge in [0, 0.05) is 12.6 Å². The van der Waals surface area contributed by atoms with Crippen LogP contribution in [0.3, 0.4) is 0 Å². The van der Waals surface area contributed by atoms with Crippen molar-refractivity contribution < 1.29 is 12.8 Å². The van der Waals surface area contributed by atoms with Gasteiger partial charge >= 0.3 is 5.76 Å². The first-order chi connectivity index (χ1) is 11.0. The van der Waals surface area contributed by atoms with Crippen LogP contribution < -0.4 is 10.1 Å². The fourth-order valence-corrected chi connectivity index (χ4v) is 4.77. The number of aromatic nitrogens is 1. The molecule has 1 N–H and O–H groups in total. The molecule has 2 aromatic carbocycles. The molecule has 23 heavy (non-hydrogen) atoms. The van der Waals surface area contributed by atoms with Crippen molar-refractivity contribution in [1.29, 1.82) is 0 Å². The second kappa shape index (κ2) is 4.73. The molecule has 0 saturated carbocycles. The number of nitrogens with one attached hydrogen (secondary N) is 1. The molecule has 7 heteroatoms. The zero-order chi connectivity index (χ0) is 16.2. The van der Waals surface area contributed by atoms with E-state index in [9.17, 15) is 13.2 Å². The molecule has 6 nitrogen and oxygen atoms in total. The summed E-state index contributed by atoms with van der Waals surface area (Å²) in [5.74, 6) is -0.597. The summed E-state index contributed by atoms with van der Waals surface area (Å²) in [5, 5.41) is 0. The average Bonchev–Trinajstić information content (AvgIpc) is 3.08. The van der Waals surface area contributed by atoms with E-state index in [4.69, 9.17) is 4.42 Å². The van der Waals surface area contributed by atoms with Crippen molar-refractivity contribution in [1.82, 2.24) is 4.98 Å². The minimum absolute atomic E-state index is 0.157. The van der Waals surface area contributed by atoms with Crippen LogP contribution in [0, 0.1) is 6.92 Å². The monoisotopic (exact) mass is 330 g/mol. The van der Waals surface area contributed by atoms with E-state index in [0.29, 0.717) is 29.7 Å². The van der Waals surface area contributed by atoms with Gasteiger partial charge in [-0.25, -0.2) is 13.2 Å². The van der Waals surface area contributed by atoms with Gasteiger partial charge in [-0.05, 0) is 36.6 Å². The Hall–Kier alpha value is -2.54. The molecule has 0 unspecified atom stereocenters. The Labute approximate surface area is 132 Å². The van der Waals surface area contributed by atoms with Crippen molar-refractivity contribution in [3.63, 3.8) is 0 Å². The third-order valence-electron chi connectivity index (χ3n) is 4.13. The Morgan fingerprint density at radius 1 is 1.22 bits per heavy atom. The Balaban J connectivity index is 1.90. The van der Waals surface area contributed by atoms with Crippen LogP contribution in [0.1, 0.15) is 11.1 Å². The zero-order valence-corrected chi connectivity index (χ0v) is 13.2. The SMILES string of the molecule is Cc1cc2[nH]c(=O)oc2cc1S(=O)(=O)N1CCc2ccccc21. The largest absolute Gasteiger partial charge is 0.417 e. The van der Waals surface area contributed by atoms with Crippen LogP contribution in [0.15, 0.2) is 50.5 Å². The number of anilines is 1. The highest BCUT2D eigenvalue weighted by molar-refractivity contribution is 7.93. The number of hydrogen-bond acceptors (Lipinski definition) is 4. The fraction of sp³-hybridized carbons (Fsp3) is 0.188. The number of aryl methyl sites for hydroxylation is 1. The average molecular weight is 330 g/mol. The highest BCUT2D eigenvalue weighted by Gasteiger charge is 2.32. The van der Waals surface area contributed by atoms with Gasteiger partial charge in [0.2, 0.25) is 0 Å². The summed E-state index contributed by atoms with van der Waals surface area (Å²) < 4.78 is 32.5. The maximum atomic E-state index is 13.1. The molecular weight excluding hydrogens is 316 g/mol. The lowest BCUT2D eigenvalue weighted by Crippen LogP contribution is -2.29. The maximum absolute atomic E-state index is 13.1. The van der Waals surface area contributed by atoms with Crippen LogP contribution in [-0.2, 0) is 16.4 Å². The fourth-order valence-electron chi connectivity index (χ4n) is 3.04. The number of fused-ring (bicyclic) bond motifs is 2. The first kappa shape index (κ1) is 14.1. The summed E-state index contributed by atoms with van der Waals surface area (Å²) in [7, 11) is -3.71. The van der Waals surface area contributed by atoms with E-state index in [1.54, 1.807) is 13.0 Å². The van der Waals surface area contributed by atoms with Crippen LogP contribution in [0.4, 0.5) is 5.69 Å². The van der Waals surface area contributed by atoms with E-state index in [1.807, 2.05) is 24.3 Å². The van der Waals surface area contributed by atoms with E-state index >= 15 is 0 Å². The van der Waals surface area contributed by atoms with Crippen molar-refractivity contribution >= 4 is 26.8 Å². The summed E-state index contributed by atoms with van der Waals surface area (Å²) in [6.07, 6.45) is 0.690. The van der Waals surface area contributed by atoms with Crippen molar-refractivity contribution in [2.24, 2.45) is 0 Å². The van der Waals surface area contributed by atoms with E-state index in [0.717, 1.165) is 5.56 Å². The van der Waals surface area contributed by atoms with Gasteiger partial charge < -0.3 is 4.42 Å². The van der Waals surface area contributed by atoms with Gasteiger partial charge in [-0.1, -0.05) is 18.2 Å². The molecule has 0 amide bonds. The number of oxazole rings is 1. The predicted molar refractivity (Wildman–Crippen MR) is 86.2 cm³/mol. The number of hydrogen-bond donors (Lipinski definition) is 1. The normalized spacial score (nSPS) is 14.4. The molecular formula is C16H14N2O4S. The lowest BCUT2D eigenvalue weighted by atomic mass is 10.2. The van der Waals surface area contributed by atoms with Crippen molar-refractivity contribution in [2.75, 3.05) is 10.8 Å². The number of sulfonamides is 1. The first-order valence-corrected chi connectivity index (χ1v) is 8.65. The molecule has 0 bridgehead atoms. The summed E-state index contributed by atoms with van der Waals surface area (Å²) in [6.45, 7) is 2.12. The van der Waals surface area contributed by atoms with Gasteiger partial charge in [-0.2, -0.15) is 0 Å². The molecule has 4 rings (SSSR count). The van der Waals surface area contributed by atoms with E-state index in [2.05, 4.69) is 4.98 Å². The molecule has 1 aliphatic heterocycles. The Bertz CT molecular complexity index is 1080. The number of H-pyrrole nitrogens is 1. The van der Waals surface area contributed by atoms with E-state index < -0.39 is 15.8 Å². The second-order valence-electron chi connectivity index (χ2n) is 5.58. The van der Waals surface area contributed by atoms with Gasteiger partial charge in [-0.15, -0.1) is 0 Å². The number of benzene rings is 2. The molecule has 1 aliphatic rings. The van der Waals surface area contributed by atoms with Crippen LogP contribution >= 0.6 is 0 Å².